The van der Waals surface area contributed by atoms with Crippen LogP contribution in [-0.4, -0.2) is 29.1 Å². The first-order valence-corrected chi connectivity index (χ1v) is 9.39. The van der Waals surface area contributed by atoms with Gasteiger partial charge < -0.3 is 5.11 Å². The minimum atomic E-state index is 0.256. The Kier molecular flexibility index (Phi) is 2.98. The van der Waals surface area contributed by atoms with Gasteiger partial charge >= 0.3 is 0 Å². The van der Waals surface area contributed by atoms with Gasteiger partial charge in [0, 0.05) is 18.0 Å². The Labute approximate surface area is 139 Å². The van der Waals surface area contributed by atoms with Crippen LogP contribution in [0.15, 0.2) is 30.4 Å². The van der Waals surface area contributed by atoms with Gasteiger partial charge in [-0.05, 0) is 86.6 Å². The lowest BCUT2D eigenvalue weighted by atomic mass is 9.51. The van der Waals surface area contributed by atoms with E-state index in [-0.39, 0.29) is 5.41 Å². The zero-order valence-corrected chi connectivity index (χ0v) is 13.9. The molecule has 1 aromatic rings. The maximum Gasteiger partial charge on any atom is 0.115 e. The highest BCUT2D eigenvalue weighted by Crippen LogP contribution is 2.57. The topological polar surface area (TPSA) is 23.5 Å². The summed E-state index contributed by atoms with van der Waals surface area (Å²) in [5, 5.41) is 10.1. The zero-order chi connectivity index (χ0) is 15.6. The molecule has 2 nitrogen and oxygen atoms in total. The average Bonchev–Trinajstić information content (AvgIpc) is 3.34. The maximum atomic E-state index is 10.1. The van der Waals surface area contributed by atoms with Crippen LogP contribution in [0.3, 0.4) is 0 Å². The number of fused-ring (bicyclic) bond motifs is 1. The molecule has 1 N–H and O–H groups in total. The van der Waals surface area contributed by atoms with Crippen molar-refractivity contribution in [1.82, 2.24) is 4.90 Å². The molecule has 5 rings (SSSR count). The van der Waals surface area contributed by atoms with E-state index in [1.807, 2.05) is 6.07 Å². The van der Waals surface area contributed by atoms with E-state index in [9.17, 15) is 5.11 Å². The lowest BCUT2D eigenvalue weighted by molar-refractivity contribution is -0.00279. The number of hydrogen-bond acceptors (Lipinski definition) is 2. The molecule has 4 aliphatic rings. The highest BCUT2D eigenvalue weighted by Gasteiger charge is 2.54. The fourth-order valence-electron chi connectivity index (χ4n) is 5.89. The highest BCUT2D eigenvalue weighted by atomic mass is 16.3. The van der Waals surface area contributed by atoms with Crippen molar-refractivity contribution in [3.8, 4) is 5.75 Å². The molecule has 0 amide bonds. The van der Waals surface area contributed by atoms with Gasteiger partial charge in [-0.1, -0.05) is 18.2 Å². The second kappa shape index (κ2) is 4.86. The molecular formula is C21H27NO. The summed E-state index contributed by atoms with van der Waals surface area (Å²) in [7, 11) is 0. The molecule has 2 saturated carbocycles. The minimum Gasteiger partial charge on any atom is -0.508 e. The largest absolute Gasteiger partial charge is 0.508 e. The van der Waals surface area contributed by atoms with Crippen LogP contribution in [0.5, 0.6) is 5.75 Å². The number of allylic oxidation sites excluding steroid dienone is 1. The van der Waals surface area contributed by atoms with Crippen molar-refractivity contribution < 1.29 is 5.11 Å². The lowest BCUT2D eigenvalue weighted by Crippen LogP contribution is -2.61. The number of aromatic hydroxyl groups is 1. The van der Waals surface area contributed by atoms with Crippen molar-refractivity contribution in [2.24, 2.45) is 11.8 Å². The average molecular weight is 309 g/mol. The summed E-state index contributed by atoms with van der Waals surface area (Å²) >= 11 is 0. The first kappa shape index (κ1) is 14.1. The second-order valence-electron chi connectivity index (χ2n) is 8.53. The molecule has 1 aromatic carbocycles. The summed E-state index contributed by atoms with van der Waals surface area (Å²) in [4.78, 5) is 2.82. The van der Waals surface area contributed by atoms with E-state index in [4.69, 9.17) is 0 Å². The van der Waals surface area contributed by atoms with Crippen molar-refractivity contribution in [2.75, 3.05) is 13.1 Å². The van der Waals surface area contributed by atoms with Gasteiger partial charge in [-0.3, -0.25) is 4.90 Å². The Hall–Kier alpha value is -1.28. The van der Waals surface area contributed by atoms with E-state index >= 15 is 0 Å². The number of likely N-dealkylation sites (tertiary alicyclic amines) is 1. The van der Waals surface area contributed by atoms with E-state index in [0.717, 1.165) is 24.3 Å². The van der Waals surface area contributed by atoms with Gasteiger partial charge in [0.2, 0.25) is 0 Å². The third-order valence-corrected chi connectivity index (χ3v) is 7.11. The zero-order valence-electron chi connectivity index (χ0n) is 13.9. The van der Waals surface area contributed by atoms with E-state index in [1.165, 1.54) is 68.3 Å². The Morgan fingerprint density at radius 1 is 1.26 bits per heavy atom. The van der Waals surface area contributed by atoms with Crippen LogP contribution in [0.1, 0.15) is 49.7 Å². The summed E-state index contributed by atoms with van der Waals surface area (Å²) in [6, 6.07) is 6.87. The fraction of sp³-hybridized carbons (Fsp3) is 0.619. The van der Waals surface area contributed by atoms with Crippen LogP contribution in [0, 0.1) is 11.8 Å². The standard InChI is InChI=1S/C21H27NO/c1-14-2-7-18-20-10-16-5-6-17(23)11-19(16)21(18,12-14)8-9-22(20)13-15-3-4-15/h5-6,11,15,18,20,23H,1-4,7-10,12-13H2/t18-,20+,21-/m0/s1. The smallest absolute Gasteiger partial charge is 0.115 e. The van der Waals surface area contributed by atoms with Crippen LogP contribution >= 0.6 is 0 Å². The minimum absolute atomic E-state index is 0.256. The quantitative estimate of drug-likeness (QED) is 0.834. The van der Waals surface area contributed by atoms with E-state index in [2.05, 4.69) is 23.6 Å². The van der Waals surface area contributed by atoms with Gasteiger partial charge in [0.1, 0.15) is 5.75 Å². The molecule has 0 aromatic heterocycles. The third-order valence-electron chi connectivity index (χ3n) is 7.11. The summed E-state index contributed by atoms with van der Waals surface area (Å²) in [5.74, 6) is 2.17. The van der Waals surface area contributed by atoms with Crippen LogP contribution in [0.25, 0.3) is 0 Å². The Morgan fingerprint density at radius 3 is 2.96 bits per heavy atom. The number of nitrogens with zero attached hydrogens (tertiary/aromatic N) is 1. The van der Waals surface area contributed by atoms with Crippen LogP contribution in [0.2, 0.25) is 0 Å². The van der Waals surface area contributed by atoms with Gasteiger partial charge in [-0.15, -0.1) is 0 Å². The molecule has 3 aliphatic carbocycles. The van der Waals surface area contributed by atoms with E-state index < -0.39 is 0 Å². The molecule has 0 unspecified atom stereocenters. The van der Waals surface area contributed by atoms with Crippen LogP contribution < -0.4 is 0 Å². The lowest BCUT2D eigenvalue weighted by Gasteiger charge is -2.59. The summed E-state index contributed by atoms with van der Waals surface area (Å²) in [6.07, 6.45) is 8.95. The van der Waals surface area contributed by atoms with Crippen molar-refractivity contribution in [3.05, 3.63) is 41.5 Å². The molecule has 1 saturated heterocycles. The predicted octanol–water partition coefficient (Wildman–Crippen LogP) is 4.03. The highest BCUT2D eigenvalue weighted by molar-refractivity contribution is 5.46. The van der Waals surface area contributed by atoms with Gasteiger partial charge in [0.05, 0.1) is 0 Å². The van der Waals surface area contributed by atoms with Gasteiger partial charge in [0.15, 0.2) is 0 Å². The molecule has 2 heteroatoms. The Balaban J connectivity index is 1.60. The van der Waals surface area contributed by atoms with Crippen LogP contribution in [0.4, 0.5) is 0 Å². The van der Waals surface area contributed by atoms with Crippen molar-refractivity contribution in [1.29, 1.82) is 0 Å². The number of piperidine rings is 1. The SMILES string of the molecule is C=C1CC[C@H]2[C@H]3Cc4ccc(O)cc4[C@@]2(CCN3CC2CC2)C1. The number of rotatable bonds is 2. The Morgan fingerprint density at radius 2 is 2.13 bits per heavy atom. The molecule has 2 bridgehead atoms. The van der Waals surface area contributed by atoms with Crippen LogP contribution in [-0.2, 0) is 11.8 Å². The number of phenolic OH excluding ortho intramolecular Hbond substituents is 1. The predicted molar refractivity (Wildman–Crippen MR) is 92.7 cm³/mol. The van der Waals surface area contributed by atoms with Crippen molar-refractivity contribution in [3.63, 3.8) is 0 Å². The first-order chi connectivity index (χ1) is 11.2. The number of benzene rings is 1. The molecular weight excluding hydrogens is 282 g/mol. The van der Waals surface area contributed by atoms with Crippen molar-refractivity contribution in [2.45, 2.75) is 56.4 Å². The molecule has 3 fully saturated rings. The molecule has 3 atom stereocenters. The molecule has 1 aliphatic heterocycles. The third kappa shape index (κ3) is 2.11. The monoisotopic (exact) mass is 309 g/mol. The number of phenols is 1. The van der Waals surface area contributed by atoms with E-state index in [0.29, 0.717) is 5.75 Å². The summed E-state index contributed by atoms with van der Waals surface area (Å²) in [5.41, 5.74) is 4.61. The molecule has 1 heterocycles. The molecule has 23 heavy (non-hydrogen) atoms. The van der Waals surface area contributed by atoms with Gasteiger partial charge in [-0.2, -0.15) is 0 Å². The Bertz CT molecular complexity index is 662. The summed E-state index contributed by atoms with van der Waals surface area (Å²) < 4.78 is 0. The van der Waals surface area contributed by atoms with Crippen molar-refractivity contribution >= 4 is 0 Å². The normalized spacial score (nSPS) is 36.4. The second-order valence-corrected chi connectivity index (χ2v) is 8.53. The van der Waals surface area contributed by atoms with Gasteiger partial charge in [0.25, 0.3) is 0 Å². The molecule has 0 radical (unpaired) electrons. The first-order valence-electron chi connectivity index (χ1n) is 9.39. The number of hydrogen-bond donors (Lipinski definition) is 1. The fourth-order valence-corrected chi connectivity index (χ4v) is 5.89. The molecule has 0 spiro atoms. The van der Waals surface area contributed by atoms with E-state index in [1.54, 1.807) is 0 Å². The molecule has 122 valence electrons. The maximum absolute atomic E-state index is 10.1. The van der Waals surface area contributed by atoms with Gasteiger partial charge in [-0.25, -0.2) is 0 Å². The summed E-state index contributed by atoms with van der Waals surface area (Å²) in [6.45, 7) is 6.91.